The number of hydrogen-bond acceptors (Lipinski definition) is 4. The lowest BCUT2D eigenvalue weighted by atomic mass is 9.99. The molecule has 0 saturated heterocycles. The molecule has 7 heteroatoms. The van der Waals surface area contributed by atoms with Crippen molar-refractivity contribution in [2.24, 2.45) is 0 Å². The second-order valence-electron chi connectivity index (χ2n) is 6.74. The third kappa shape index (κ3) is 3.04. The van der Waals surface area contributed by atoms with Crippen LogP contribution < -0.4 is 10.6 Å². The molecule has 4 nitrogen and oxygen atoms in total. The van der Waals surface area contributed by atoms with Crippen LogP contribution in [0, 0.1) is 0 Å². The van der Waals surface area contributed by atoms with Gasteiger partial charge in [-0.05, 0) is 38.0 Å². The quantitative estimate of drug-likeness (QED) is 0.775. The summed E-state index contributed by atoms with van der Waals surface area (Å²) in [5.41, 5.74) is 2.83. The molecule has 3 heterocycles. The van der Waals surface area contributed by atoms with Crippen LogP contribution in [-0.2, 0) is 13.0 Å². The van der Waals surface area contributed by atoms with E-state index in [9.17, 15) is 4.79 Å². The molecule has 4 rings (SSSR count). The van der Waals surface area contributed by atoms with Crippen LogP contribution >= 0.6 is 34.5 Å². The fraction of sp³-hybridized carbons (Fsp3) is 0.389. The van der Waals surface area contributed by atoms with E-state index in [1.807, 2.05) is 6.07 Å². The van der Waals surface area contributed by atoms with Gasteiger partial charge in [0.2, 0.25) is 0 Å². The van der Waals surface area contributed by atoms with Gasteiger partial charge in [-0.2, -0.15) is 0 Å². The van der Waals surface area contributed by atoms with Gasteiger partial charge >= 0.3 is 0 Å². The van der Waals surface area contributed by atoms with E-state index in [4.69, 9.17) is 23.2 Å². The van der Waals surface area contributed by atoms with E-state index < -0.39 is 0 Å². The van der Waals surface area contributed by atoms with Gasteiger partial charge in [0.1, 0.15) is 11.2 Å². The fourth-order valence-corrected chi connectivity index (χ4v) is 5.28. The Morgan fingerprint density at radius 1 is 1.28 bits per heavy atom. The van der Waals surface area contributed by atoms with Gasteiger partial charge in [-0.25, -0.2) is 0 Å². The van der Waals surface area contributed by atoms with E-state index in [1.54, 1.807) is 23.5 Å². The predicted molar refractivity (Wildman–Crippen MR) is 104 cm³/mol. The second-order valence-corrected chi connectivity index (χ2v) is 8.69. The molecule has 132 valence electrons. The number of anilines is 1. The number of carbonyl (C=O) groups is 1. The molecule has 0 bridgehead atoms. The van der Waals surface area contributed by atoms with Crippen molar-refractivity contribution in [1.29, 1.82) is 0 Å². The third-order valence-corrected chi connectivity index (χ3v) is 6.58. The number of carbonyl (C=O) groups excluding carboxylic acids is 1. The van der Waals surface area contributed by atoms with Crippen LogP contribution in [0.5, 0.6) is 0 Å². The van der Waals surface area contributed by atoms with Crippen LogP contribution in [0.3, 0.4) is 0 Å². The first-order valence-corrected chi connectivity index (χ1v) is 9.92. The molecule has 0 aliphatic carbocycles. The molecule has 25 heavy (non-hydrogen) atoms. The minimum Gasteiger partial charge on any atom is -0.353 e. The summed E-state index contributed by atoms with van der Waals surface area (Å²) < 4.78 is 0. The number of benzene rings is 1. The van der Waals surface area contributed by atoms with Gasteiger partial charge in [0.15, 0.2) is 0 Å². The lowest BCUT2D eigenvalue weighted by Gasteiger charge is -2.31. The Hall–Kier alpha value is -1.27. The standard InChI is InChI=1S/C18H19Cl2N3OS/c1-9(2)23-6-5-12-14(8-23)25-18-15(12)17(24)21-16(22-18)11-4-3-10(19)7-13(11)20/h3-4,7,9,16,22H,5-6,8H2,1-2H3,(H,21,24). The van der Waals surface area contributed by atoms with E-state index in [2.05, 4.69) is 29.4 Å². The molecule has 2 aromatic rings. The number of nitrogens with zero attached hydrogens (tertiary/aromatic N) is 1. The molecular weight excluding hydrogens is 377 g/mol. The van der Waals surface area contributed by atoms with Crippen molar-refractivity contribution < 1.29 is 4.79 Å². The number of amides is 1. The van der Waals surface area contributed by atoms with Crippen LogP contribution in [0.2, 0.25) is 10.0 Å². The maximum absolute atomic E-state index is 12.8. The zero-order valence-electron chi connectivity index (χ0n) is 14.0. The molecule has 2 aliphatic rings. The summed E-state index contributed by atoms with van der Waals surface area (Å²) in [5, 5.41) is 8.54. The van der Waals surface area contributed by atoms with E-state index in [1.165, 1.54) is 10.4 Å². The fourth-order valence-electron chi connectivity index (χ4n) is 3.47. The number of rotatable bonds is 2. The van der Waals surface area contributed by atoms with Gasteiger partial charge < -0.3 is 10.6 Å². The normalized spacial score (nSPS) is 20.0. The molecule has 1 aromatic carbocycles. The van der Waals surface area contributed by atoms with Crippen molar-refractivity contribution in [3.63, 3.8) is 0 Å². The first-order valence-electron chi connectivity index (χ1n) is 8.35. The lowest BCUT2D eigenvalue weighted by molar-refractivity contribution is 0.0934. The molecule has 2 N–H and O–H groups in total. The Morgan fingerprint density at radius 2 is 2.08 bits per heavy atom. The number of hydrogen-bond donors (Lipinski definition) is 2. The molecule has 0 fully saturated rings. The zero-order valence-corrected chi connectivity index (χ0v) is 16.4. The minimum absolute atomic E-state index is 0.0275. The average Bonchev–Trinajstić information content (AvgIpc) is 2.92. The Balaban J connectivity index is 1.67. The summed E-state index contributed by atoms with van der Waals surface area (Å²) in [4.78, 5) is 16.5. The number of thiophene rings is 1. The van der Waals surface area contributed by atoms with Gasteiger partial charge in [-0.15, -0.1) is 11.3 Å². The predicted octanol–water partition coefficient (Wildman–Crippen LogP) is 4.68. The highest BCUT2D eigenvalue weighted by Gasteiger charge is 2.34. The van der Waals surface area contributed by atoms with Crippen molar-refractivity contribution in [1.82, 2.24) is 10.2 Å². The van der Waals surface area contributed by atoms with Crippen LogP contribution in [0.25, 0.3) is 0 Å². The highest BCUT2D eigenvalue weighted by molar-refractivity contribution is 7.16. The Labute approximate surface area is 161 Å². The van der Waals surface area contributed by atoms with E-state index in [-0.39, 0.29) is 12.1 Å². The maximum atomic E-state index is 12.8. The van der Waals surface area contributed by atoms with Crippen LogP contribution in [0.15, 0.2) is 18.2 Å². The van der Waals surface area contributed by atoms with Gasteiger partial charge in [-0.3, -0.25) is 9.69 Å². The first kappa shape index (κ1) is 17.2. The largest absolute Gasteiger partial charge is 0.353 e. The van der Waals surface area contributed by atoms with Crippen LogP contribution in [-0.4, -0.2) is 23.4 Å². The third-order valence-electron chi connectivity index (χ3n) is 4.87. The van der Waals surface area contributed by atoms with E-state index in [0.717, 1.165) is 35.6 Å². The number of halogens is 2. The number of nitrogens with one attached hydrogen (secondary N) is 2. The molecule has 0 saturated carbocycles. The molecule has 1 aromatic heterocycles. The summed E-state index contributed by atoms with van der Waals surface area (Å²) in [6, 6.07) is 5.84. The zero-order chi connectivity index (χ0) is 17.7. The van der Waals surface area contributed by atoms with Crippen LogP contribution in [0.1, 0.15) is 46.4 Å². The molecule has 0 spiro atoms. The Kier molecular flexibility index (Phi) is 4.44. The smallest absolute Gasteiger partial charge is 0.256 e. The van der Waals surface area contributed by atoms with E-state index >= 15 is 0 Å². The van der Waals surface area contributed by atoms with Gasteiger partial charge in [-0.1, -0.05) is 29.3 Å². The minimum atomic E-state index is -0.342. The molecule has 1 atom stereocenters. The SMILES string of the molecule is CC(C)N1CCc2c(sc3c2C(=O)NC(c2ccc(Cl)cc2Cl)N3)C1. The number of fused-ring (bicyclic) bond motifs is 3. The Bertz CT molecular complexity index is 849. The highest BCUT2D eigenvalue weighted by Crippen LogP contribution is 2.41. The maximum Gasteiger partial charge on any atom is 0.256 e. The first-order chi connectivity index (χ1) is 11.9. The topological polar surface area (TPSA) is 44.4 Å². The van der Waals surface area contributed by atoms with Crippen LogP contribution in [0.4, 0.5) is 5.00 Å². The molecule has 0 radical (unpaired) electrons. The molecule has 1 amide bonds. The van der Waals surface area contributed by atoms with Crippen molar-refractivity contribution in [3.8, 4) is 0 Å². The van der Waals surface area contributed by atoms with Crippen molar-refractivity contribution in [3.05, 3.63) is 49.8 Å². The summed E-state index contributed by atoms with van der Waals surface area (Å²) in [7, 11) is 0. The van der Waals surface area contributed by atoms with E-state index in [0.29, 0.717) is 16.1 Å². The second kappa shape index (κ2) is 6.47. The summed E-state index contributed by atoms with van der Waals surface area (Å²) in [5.74, 6) is -0.0275. The van der Waals surface area contributed by atoms with Crippen molar-refractivity contribution in [2.75, 3.05) is 11.9 Å². The monoisotopic (exact) mass is 395 g/mol. The van der Waals surface area contributed by atoms with Gasteiger partial charge in [0.05, 0.1) is 5.56 Å². The average molecular weight is 396 g/mol. The Morgan fingerprint density at radius 3 is 2.80 bits per heavy atom. The van der Waals surface area contributed by atoms with Crippen molar-refractivity contribution >= 4 is 45.4 Å². The molecule has 2 aliphatic heterocycles. The summed E-state index contributed by atoms with van der Waals surface area (Å²) in [6.07, 6.45) is 0.576. The highest BCUT2D eigenvalue weighted by atomic mass is 35.5. The lowest BCUT2D eigenvalue weighted by Crippen LogP contribution is -2.39. The van der Waals surface area contributed by atoms with Gasteiger partial charge in [0.25, 0.3) is 5.91 Å². The van der Waals surface area contributed by atoms with Gasteiger partial charge in [0, 0.05) is 39.6 Å². The molecular formula is C18H19Cl2N3OS. The molecule has 1 unspecified atom stereocenters. The summed E-state index contributed by atoms with van der Waals surface area (Å²) >= 11 is 14.0. The summed E-state index contributed by atoms with van der Waals surface area (Å²) in [6.45, 7) is 6.32. The van der Waals surface area contributed by atoms with Crippen molar-refractivity contribution in [2.45, 2.75) is 39.0 Å².